The highest BCUT2D eigenvalue weighted by atomic mass is 16.5. The molecule has 10 nitrogen and oxygen atoms in total. The lowest BCUT2D eigenvalue weighted by Gasteiger charge is -2.11. The lowest BCUT2D eigenvalue weighted by molar-refractivity contribution is 0.414. The summed E-state index contributed by atoms with van der Waals surface area (Å²) in [5, 5.41) is 11.4. The number of hydrogen-bond donors (Lipinski definition) is 3. The van der Waals surface area contributed by atoms with E-state index in [0.29, 0.717) is 46.5 Å². The Kier molecular flexibility index (Phi) is 7.43. The van der Waals surface area contributed by atoms with E-state index in [1.807, 2.05) is 109 Å². The first-order valence-electron chi connectivity index (χ1n) is 14.7. The Morgan fingerprint density at radius 3 is 1.98 bits per heavy atom. The van der Waals surface area contributed by atoms with E-state index in [0.717, 1.165) is 33.7 Å². The van der Waals surface area contributed by atoms with Crippen LogP contribution in [0, 0.1) is 0 Å². The first-order chi connectivity index (χ1) is 22.5. The Labute approximate surface area is 264 Å². The van der Waals surface area contributed by atoms with Gasteiger partial charge in [-0.2, -0.15) is 9.61 Å². The standard InChI is InChI=1S/C36H31N7O3/c1-45-27-17-13-23(14-18-27)22-42-29(37)21-30(40-42)38-34-32(25-15-19-28(46-2)20-16-25)36(44)43-35(39-34)31(24-9-5-3-6-10-24)33(41-43)26-11-7-4-8-12-26/h3-21,41H,22,37H2,1-2H3,(H,38,40). The van der Waals surface area contributed by atoms with Crippen LogP contribution in [-0.4, -0.2) is 38.6 Å². The van der Waals surface area contributed by atoms with Gasteiger partial charge in [-0.25, -0.2) is 9.67 Å². The Balaban J connectivity index is 1.40. The molecule has 3 aromatic heterocycles. The van der Waals surface area contributed by atoms with Gasteiger partial charge in [0.05, 0.1) is 37.6 Å². The molecule has 0 saturated carbocycles. The van der Waals surface area contributed by atoms with Crippen molar-refractivity contribution in [2.45, 2.75) is 6.54 Å². The zero-order valence-corrected chi connectivity index (χ0v) is 25.3. The van der Waals surface area contributed by atoms with Crippen molar-refractivity contribution in [1.82, 2.24) is 24.4 Å². The molecule has 4 aromatic carbocycles. The molecule has 0 aliphatic rings. The van der Waals surface area contributed by atoms with Gasteiger partial charge in [-0.3, -0.25) is 9.89 Å². The van der Waals surface area contributed by atoms with Crippen molar-refractivity contribution in [2.75, 3.05) is 25.3 Å². The molecule has 46 heavy (non-hydrogen) atoms. The fraction of sp³-hybridized carbons (Fsp3) is 0.0833. The molecular formula is C36H31N7O3. The van der Waals surface area contributed by atoms with E-state index >= 15 is 0 Å². The quantitative estimate of drug-likeness (QED) is 0.168. The molecule has 0 atom stereocenters. The normalized spacial score (nSPS) is 11.1. The van der Waals surface area contributed by atoms with Crippen LogP contribution in [0.4, 0.5) is 17.5 Å². The van der Waals surface area contributed by atoms with Gasteiger partial charge in [-0.15, -0.1) is 0 Å². The monoisotopic (exact) mass is 609 g/mol. The lowest BCUT2D eigenvalue weighted by atomic mass is 10.0. The van der Waals surface area contributed by atoms with Crippen molar-refractivity contribution < 1.29 is 9.47 Å². The van der Waals surface area contributed by atoms with E-state index < -0.39 is 0 Å². The molecule has 10 heteroatoms. The number of rotatable bonds is 9. The molecule has 0 aliphatic carbocycles. The summed E-state index contributed by atoms with van der Waals surface area (Å²) in [4.78, 5) is 19.5. The highest BCUT2D eigenvalue weighted by Crippen LogP contribution is 2.36. The number of ether oxygens (including phenoxy) is 2. The molecule has 4 N–H and O–H groups in total. The van der Waals surface area contributed by atoms with Gasteiger partial charge in [0.25, 0.3) is 5.56 Å². The summed E-state index contributed by atoms with van der Waals surface area (Å²) in [5.74, 6) is 2.71. The predicted octanol–water partition coefficient (Wildman–Crippen LogP) is 6.61. The van der Waals surface area contributed by atoms with Crippen LogP contribution < -0.4 is 26.1 Å². The molecule has 0 radical (unpaired) electrons. The van der Waals surface area contributed by atoms with Crippen molar-refractivity contribution in [2.24, 2.45) is 0 Å². The van der Waals surface area contributed by atoms with Gasteiger partial charge in [0.2, 0.25) is 0 Å². The zero-order chi connectivity index (χ0) is 31.6. The Bertz CT molecular complexity index is 2190. The summed E-state index contributed by atoms with van der Waals surface area (Å²) in [6.07, 6.45) is 0. The van der Waals surface area contributed by atoms with E-state index in [1.165, 1.54) is 4.52 Å². The molecule has 0 amide bonds. The van der Waals surface area contributed by atoms with Crippen molar-refractivity contribution in [3.05, 3.63) is 131 Å². The second-order valence-electron chi connectivity index (χ2n) is 10.7. The van der Waals surface area contributed by atoms with Crippen LogP contribution in [0.25, 0.3) is 39.2 Å². The number of aromatic nitrogens is 5. The van der Waals surface area contributed by atoms with E-state index in [1.54, 1.807) is 25.0 Å². The van der Waals surface area contributed by atoms with E-state index in [9.17, 15) is 4.79 Å². The molecule has 0 saturated heterocycles. The minimum atomic E-state index is -0.275. The van der Waals surface area contributed by atoms with Crippen LogP contribution in [0.3, 0.4) is 0 Å². The molecule has 3 heterocycles. The number of hydrogen-bond acceptors (Lipinski definition) is 7. The Morgan fingerprint density at radius 1 is 0.761 bits per heavy atom. The predicted molar refractivity (Wildman–Crippen MR) is 181 cm³/mol. The largest absolute Gasteiger partial charge is 0.497 e. The number of benzene rings is 4. The number of fused-ring (bicyclic) bond motifs is 1. The topological polar surface area (TPSA) is 124 Å². The number of aromatic amines is 1. The van der Waals surface area contributed by atoms with E-state index in [-0.39, 0.29) is 5.56 Å². The third-order valence-electron chi connectivity index (χ3n) is 7.83. The van der Waals surface area contributed by atoms with Crippen LogP contribution in [-0.2, 0) is 6.54 Å². The average molecular weight is 610 g/mol. The van der Waals surface area contributed by atoms with Gasteiger partial charge in [0.15, 0.2) is 11.5 Å². The summed E-state index contributed by atoms with van der Waals surface area (Å²) < 4.78 is 13.9. The third-order valence-corrected chi connectivity index (χ3v) is 7.83. The Hall–Kier alpha value is -6.29. The van der Waals surface area contributed by atoms with Gasteiger partial charge in [0, 0.05) is 11.6 Å². The molecular weight excluding hydrogens is 578 g/mol. The summed E-state index contributed by atoms with van der Waals surface area (Å²) >= 11 is 0. The fourth-order valence-electron chi connectivity index (χ4n) is 5.52. The van der Waals surface area contributed by atoms with Gasteiger partial charge >= 0.3 is 0 Å². The van der Waals surface area contributed by atoms with Gasteiger partial charge < -0.3 is 20.5 Å². The number of anilines is 3. The molecule has 228 valence electrons. The molecule has 0 spiro atoms. The number of H-pyrrole nitrogens is 1. The van der Waals surface area contributed by atoms with Crippen molar-refractivity contribution >= 4 is 23.1 Å². The van der Waals surface area contributed by atoms with Crippen molar-refractivity contribution in [3.8, 4) is 45.0 Å². The minimum absolute atomic E-state index is 0.275. The number of nitrogens with one attached hydrogen (secondary N) is 2. The second kappa shape index (κ2) is 12.0. The summed E-state index contributed by atoms with van der Waals surface area (Å²) in [6, 6.07) is 36.6. The maximum Gasteiger partial charge on any atom is 0.282 e. The first-order valence-corrected chi connectivity index (χ1v) is 14.7. The van der Waals surface area contributed by atoms with Crippen molar-refractivity contribution in [3.63, 3.8) is 0 Å². The van der Waals surface area contributed by atoms with E-state index in [4.69, 9.17) is 25.3 Å². The molecule has 7 aromatic rings. The SMILES string of the molecule is COc1ccc(Cn2nc(Nc3nc4c(-c5ccccc5)c(-c5ccccc5)[nH]n4c(=O)c3-c3ccc(OC)cc3)cc2N)cc1. The third kappa shape index (κ3) is 5.32. The fourth-order valence-corrected chi connectivity index (χ4v) is 5.52. The summed E-state index contributed by atoms with van der Waals surface area (Å²) in [5.41, 5.74) is 12.1. The second-order valence-corrected chi connectivity index (χ2v) is 10.7. The number of methoxy groups -OCH3 is 2. The van der Waals surface area contributed by atoms with Gasteiger partial charge in [-0.05, 0) is 41.0 Å². The number of nitrogens with two attached hydrogens (primary N) is 1. The Morgan fingerprint density at radius 2 is 1.35 bits per heavy atom. The molecule has 0 bridgehead atoms. The van der Waals surface area contributed by atoms with Crippen LogP contribution in [0.2, 0.25) is 0 Å². The highest BCUT2D eigenvalue weighted by molar-refractivity contribution is 5.92. The minimum Gasteiger partial charge on any atom is -0.497 e. The van der Waals surface area contributed by atoms with Crippen LogP contribution in [0.15, 0.2) is 120 Å². The molecule has 0 fully saturated rings. The summed E-state index contributed by atoms with van der Waals surface area (Å²) in [7, 11) is 3.24. The number of nitrogens with zero attached hydrogens (tertiary/aromatic N) is 4. The van der Waals surface area contributed by atoms with Gasteiger partial charge in [-0.1, -0.05) is 84.9 Å². The molecule has 0 unspecified atom stereocenters. The van der Waals surface area contributed by atoms with Gasteiger partial charge in [0.1, 0.15) is 23.1 Å². The van der Waals surface area contributed by atoms with Crippen molar-refractivity contribution in [1.29, 1.82) is 0 Å². The van der Waals surface area contributed by atoms with Crippen LogP contribution in [0.1, 0.15) is 5.56 Å². The lowest BCUT2D eigenvalue weighted by Crippen LogP contribution is -2.19. The first kappa shape index (κ1) is 28.5. The van der Waals surface area contributed by atoms with Crippen LogP contribution >= 0.6 is 0 Å². The average Bonchev–Trinajstić information content (AvgIpc) is 3.65. The van der Waals surface area contributed by atoms with E-state index in [2.05, 4.69) is 10.4 Å². The highest BCUT2D eigenvalue weighted by Gasteiger charge is 2.23. The zero-order valence-electron chi connectivity index (χ0n) is 25.3. The molecule has 0 aliphatic heterocycles. The van der Waals surface area contributed by atoms with Crippen LogP contribution in [0.5, 0.6) is 11.5 Å². The number of nitrogen functional groups attached to an aromatic ring is 1. The maximum absolute atomic E-state index is 14.4. The summed E-state index contributed by atoms with van der Waals surface area (Å²) in [6.45, 7) is 0.453. The molecule has 7 rings (SSSR count). The maximum atomic E-state index is 14.4. The smallest absolute Gasteiger partial charge is 0.282 e.